The van der Waals surface area contributed by atoms with E-state index in [-0.39, 0.29) is 11.9 Å². The zero-order valence-electron chi connectivity index (χ0n) is 10.7. The monoisotopic (exact) mass is 236 g/mol. The molecule has 0 amide bonds. The Hall–Kier alpha value is -1.35. The normalized spacial score (nSPS) is 10.6. The third kappa shape index (κ3) is 5.50. The first-order chi connectivity index (χ1) is 8.11. The van der Waals surface area contributed by atoms with Gasteiger partial charge in [0.2, 0.25) is 0 Å². The van der Waals surface area contributed by atoms with Gasteiger partial charge in [-0.1, -0.05) is 12.1 Å². The largest absolute Gasteiger partial charge is 0.497 e. The molecule has 0 bridgehead atoms. The first-order valence-electron chi connectivity index (χ1n) is 5.88. The molecule has 1 rings (SSSR count). The number of Topliss-reactive ketones (excluding diaryl/α,β-unsaturated/α-hetero) is 1. The maximum atomic E-state index is 11.7. The molecule has 0 aliphatic carbocycles. The van der Waals surface area contributed by atoms with Gasteiger partial charge in [-0.05, 0) is 31.5 Å². The molecule has 0 unspecified atom stereocenters. The van der Waals surface area contributed by atoms with Crippen molar-refractivity contribution in [3.05, 3.63) is 29.8 Å². The van der Waals surface area contributed by atoms with Gasteiger partial charge in [-0.3, -0.25) is 4.79 Å². The van der Waals surface area contributed by atoms with Crippen LogP contribution in [0.3, 0.4) is 0 Å². The van der Waals surface area contributed by atoms with E-state index in [0.717, 1.165) is 11.3 Å². The number of rotatable bonds is 7. The van der Waals surface area contributed by atoms with E-state index < -0.39 is 0 Å². The quantitative estimate of drug-likeness (QED) is 0.730. The van der Waals surface area contributed by atoms with Crippen LogP contribution >= 0.6 is 0 Å². The second-order valence-corrected chi connectivity index (χ2v) is 4.24. The molecule has 0 saturated carbocycles. The van der Waals surface area contributed by atoms with E-state index in [1.165, 1.54) is 0 Å². The number of carbonyl (C=O) groups is 1. The Bertz CT molecular complexity index is 358. The number of ether oxygens (including phenoxy) is 2. The lowest BCUT2D eigenvalue weighted by Crippen LogP contribution is -2.10. The molecule has 1 aromatic rings. The smallest absolute Gasteiger partial charge is 0.139 e. The van der Waals surface area contributed by atoms with Crippen LogP contribution < -0.4 is 4.74 Å². The molecule has 0 radical (unpaired) electrons. The number of methoxy groups -OCH3 is 1. The molecular formula is C14H20O3. The first kappa shape index (κ1) is 13.7. The SMILES string of the molecule is COc1cccc(CC(=O)CCOC(C)C)c1. The van der Waals surface area contributed by atoms with Crippen LogP contribution in [0.15, 0.2) is 24.3 Å². The molecule has 0 fully saturated rings. The summed E-state index contributed by atoms with van der Waals surface area (Å²) < 4.78 is 10.5. The van der Waals surface area contributed by atoms with Crippen LogP contribution in [0.4, 0.5) is 0 Å². The van der Waals surface area contributed by atoms with Gasteiger partial charge in [0, 0.05) is 12.8 Å². The zero-order chi connectivity index (χ0) is 12.7. The van der Waals surface area contributed by atoms with Gasteiger partial charge in [-0.2, -0.15) is 0 Å². The molecule has 94 valence electrons. The molecule has 0 heterocycles. The van der Waals surface area contributed by atoms with E-state index in [2.05, 4.69) is 0 Å². The van der Waals surface area contributed by atoms with Gasteiger partial charge in [0.25, 0.3) is 0 Å². The molecule has 0 aliphatic rings. The molecule has 0 saturated heterocycles. The van der Waals surface area contributed by atoms with Gasteiger partial charge in [-0.15, -0.1) is 0 Å². The predicted octanol–water partition coefficient (Wildman–Crippen LogP) is 2.62. The topological polar surface area (TPSA) is 35.5 Å². The molecule has 1 aromatic carbocycles. The highest BCUT2D eigenvalue weighted by molar-refractivity contribution is 5.81. The van der Waals surface area contributed by atoms with E-state index in [9.17, 15) is 4.79 Å². The van der Waals surface area contributed by atoms with Crippen LogP contribution in [0.1, 0.15) is 25.8 Å². The van der Waals surface area contributed by atoms with Gasteiger partial charge in [0.05, 0.1) is 19.8 Å². The summed E-state index contributed by atoms with van der Waals surface area (Å²) in [6.45, 7) is 4.43. The van der Waals surface area contributed by atoms with Gasteiger partial charge < -0.3 is 9.47 Å². The molecule has 0 aliphatic heterocycles. The van der Waals surface area contributed by atoms with E-state index in [0.29, 0.717) is 19.4 Å². The minimum Gasteiger partial charge on any atom is -0.497 e. The van der Waals surface area contributed by atoms with Crippen molar-refractivity contribution in [3.8, 4) is 5.75 Å². The summed E-state index contributed by atoms with van der Waals surface area (Å²) in [4.78, 5) is 11.7. The van der Waals surface area contributed by atoms with Gasteiger partial charge in [-0.25, -0.2) is 0 Å². The molecular weight excluding hydrogens is 216 g/mol. The van der Waals surface area contributed by atoms with Crippen molar-refractivity contribution in [3.63, 3.8) is 0 Å². The molecule has 17 heavy (non-hydrogen) atoms. The van der Waals surface area contributed by atoms with Crippen LogP contribution in [-0.4, -0.2) is 25.6 Å². The lowest BCUT2D eigenvalue weighted by Gasteiger charge is -2.07. The summed E-state index contributed by atoms with van der Waals surface area (Å²) in [5, 5.41) is 0. The second kappa shape index (κ2) is 7.07. The van der Waals surface area contributed by atoms with Crippen molar-refractivity contribution in [2.45, 2.75) is 32.8 Å². The van der Waals surface area contributed by atoms with Gasteiger partial charge >= 0.3 is 0 Å². The fourth-order valence-electron chi connectivity index (χ4n) is 1.51. The molecule has 3 nitrogen and oxygen atoms in total. The molecule has 0 atom stereocenters. The molecule has 0 spiro atoms. The van der Waals surface area contributed by atoms with Crippen LogP contribution in [0.2, 0.25) is 0 Å². The Morgan fingerprint density at radius 2 is 2.12 bits per heavy atom. The maximum Gasteiger partial charge on any atom is 0.139 e. The number of ketones is 1. The summed E-state index contributed by atoms with van der Waals surface area (Å²) in [6, 6.07) is 7.59. The Labute approximate surface area is 103 Å². The zero-order valence-corrected chi connectivity index (χ0v) is 10.7. The highest BCUT2D eigenvalue weighted by Crippen LogP contribution is 2.13. The number of benzene rings is 1. The summed E-state index contributed by atoms with van der Waals surface area (Å²) in [6.07, 6.45) is 1.09. The van der Waals surface area contributed by atoms with Crippen molar-refractivity contribution in [1.29, 1.82) is 0 Å². The first-order valence-corrected chi connectivity index (χ1v) is 5.88. The third-order valence-electron chi connectivity index (χ3n) is 2.37. The fourth-order valence-corrected chi connectivity index (χ4v) is 1.51. The van der Waals surface area contributed by atoms with Gasteiger partial charge in [0.1, 0.15) is 11.5 Å². The van der Waals surface area contributed by atoms with Crippen LogP contribution in [-0.2, 0) is 16.0 Å². The van der Waals surface area contributed by atoms with Crippen molar-refractivity contribution in [2.24, 2.45) is 0 Å². The summed E-state index contributed by atoms with van der Waals surface area (Å²) in [5.74, 6) is 0.979. The average molecular weight is 236 g/mol. The van der Waals surface area contributed by atoms with E-state index in [4.69, 9.17) is 9.47 Å². The van der Waals surface area contributed by atoms with E-state index in [1.807, 2.05) is 38.1 Å². The highest BCUT2D eigenvalue weighted by atomic mass is 16.5. The molecule has 0 aromatic heterocycles. The maximum absolute atomic E-state index is 11.7. The second-order valence-electron chi connectivity index (χ2n) is 4.24. The van der Waals surface area contributed by atoms with Crippen molar-refractivity contribution < 1.29 is 14.3 Å². The minimum absolute atomic E-state index is 0.180. The lowest BCUT2D eigenvalue weighted by atomic mass is 10.1. The summed E-state index contributed by atoms with van der Waals surface area (Å²) >= 11 is 0. The lowest BCUT2D eigenvalue weighted by molar-refractivity contribution is -0.119. The third-order valence-corrected chi connectivity index (χ3v) is 2.37. The minimum atomic E-state index is 0.180. The van der Waals surface area contributed by atoms with Crippen LogP contribution in [0.25, 0.3) is 0 Å². The average Bonchev–Trinajstić information content (AvgIpc) is 2.28. The number of hydrogen-bond donors (Lipinski definition) is 0. The summed E-state index contributed by atoms with van der Waals surface area (Å²) in [5.41, 5.74) is 0.985. The van der Waals surface area contributed by atoms with E-state index >= 15 is 0 Å². The highest BCUT2D eigenvalue weighted by Gasteiger charge is 2.05. The Morgan fingerprint density at radius 3 is 2.76 bits per heavy atom. The fraction of sp³-hybridized carbons (Fsp3) is 0.500. The van der Waals surface area contributed by atoms with Crippen LogP contribution in [0, 0.1) is 0 Å². The molecule has 3 heteroatoms. The van der Waals surface area contributed by atoms with E-state index in [1.54, 1.807) is 7.11 Å². The van der Waals surface area contributed by atoms with Crippen molar-refractivity contribution >= 4 is 5.78 Å². The number of hydrogen-bond acceptors (Lipinski definition) is 3. The molecule has 0 N–H and O–H groups in total. The van der Waals surface area contributed by atoms with Crippen molar-refractivity contribution in [2.75, 3.05) is 13.7 Å². The van der Waals surface area contributed by atoms with Crippen molar-refractivity contribution in [1.82, 2.24) is 0 Å². The standard InChI is InChI=1S/C14H20O3/c1-11(2)17-8-7-13(15)9-12-5-4-6-14(10-12)16-3/h4-6,10-11H,7-9H2,1-3H3. The Kier molecular flexibility index (Phi) is 5.70. The Balaban J connectivity index is 2.39. The Morgan fingerprint density at radius 1 is 1.35 bits per heavy atom. The predicted molar refractivity (Wildman–Crippen MR) is 67.4 cm³/mol. The summed E-state index contributed by atoms with van der Waals surface area (Å²) in [7, 11) is 1.62. The number of carbonyl (C=O) groups excluding carboxylic acids is 1. The van der Waals surface area contributed by atoms with Crippen LogP contribution in [0.5, 0.6) is 5.75 Å². The van der Waals surface area contributed by atoms with Gasteiger partial charge in [0.15, 0.2) is 0 Å².